The standard InChI is InChI=1S/C11H22N2/c1-3-5-11(12)13-8-4-6-10(2)7-9-13/h10,12H,3-9H2,1-2H3. The van der Waals surface area contributed by atoms with Crippen LogP contribution in [0.5, 0.6) is 0 Å². The van der Waals surface area contributed by atoms with Crippen LogP contribution >= 0.6 is 0 Å². The van der Waals surface area contributed by atoms with Crippen molar-refractivity contribution in [3.8, 4) is 0 Å². The van der Waals surface area contributed by atoms with Gasteiger partial charge in [-0.15, -0.1) is 0 Å². The molecule has 1 heterocycles. The number of likely N-dealkylation sites (tertiary alicyclic amines) is 1. The van der Waals surface area contributed by atoms with E-state index < -0.39 is 0 Å². The molecule has 0 aliphatic carbocycles. The Hall–Kier alpha value is -0.530. The summed E-state index contributed by atoms with van der Waals surface area (Å²) in [6, 6.07) is 0. The lowest BCUT2D eigenvalue weighted by atomic mass is 10.0. The molecule has 0 bridgehead atoms. The first-order chi connectivity index (χ1) is 6.24. The van der Waals surface area contributed by atoms with Crippen molar-refractivity contribution >= 4 is 5.84 Å². The molecule has 1 rings (SSSR count). The molecule has 0 radical (unpaired) electrons. The smallest absolute Gasteiger partial charge is 0.0957 e. The molecular weight excluding hydrogens is 160 g/mol. The highest BCUT2D eigenvalue weighted by Gasteiger charge is 2.14. The lowest BCUT2D eigenvalue weighted by Crippen LogP contribution is -2.31. The normalized spacial score (nSPS) is 24.2. The molecule has 2 nitrogen and oxygen atoms in total. The molecule has 1 aliphatic heterocycles. The van der Waals surface area contributed by atoms with Crippen LogP contribution in [0.2, 0.25) is 0 Å². The van der Waals surface area contributed by atoms with Crippen LogP contribution in [-0.2, 0) is 0 Å². The van der Waals surface area contributed by atoms with Crippen molar-refractivity contribution < 1.29 is 0 Å². The van der Waals surface area contributed by atoms with Crippen molar-refractivity contribution in [2.45, 2.75) is 46.0 Å². The first kappa shape index (κ1) is 10.6. The van der Waals surface area contributed by atoms with Gasteiger partial charge in [0.2, 0.25) is 0 Å². The van der Waals surface area contributed by atoms with Crippen LogP contribution in [0.15, 0.2) is 0 Å². The molecule has 1 fully saturated rings. The topological polar surface area (TPSA) is 27.1 Å². The van der Waals surface area contributed by atoms with Gasteiger partial charge in [0, 0.05) is 19.5 Å². The van der Waals surface area contributed by atoms with Crippen LogP contribution in [0.4, 0.5) is 0 Å². The minimum Gasteiger partial charge on any atom is -0.361 e. The Morgan fingerprint density at radius 3 is 2.85 bits per heavy atom. The summed E-state index contributed by atoms with van der Waals surface area (Å²) in [6.45, 7) is 6.70. The van der Waals surface area contributed by atoms with Crippen molar-refractivity contribution in [1.82, 2.24) is 4.90 Å². The molecule has 1 N–H and O–H groups in total. The van der Waals surface area contributed by atoms with E-state index in [2.05, 4.69) is 18.7 Å². The molecule has 0 aromatic carbocycles. The van der Waals surface area contributed by atoms with Gasteiger partial charge in [-0.1, -0.05) is 13.8 Å². The summed E-state index contributed by atoms with van der Waals surface area (Å²) < 4.78 is 0. The second kappa shape index (κ2) is 5.25. The maximum Gasteiger partial charge on any atom is 0.0957 e. The first-order valence-electron chi connectivity index (χ1n) is 5.56. The largest absolute Gasteiger partial charge is 0.361 e. The van der Waals surface area contributed by atoms with E-state index in [1.807, 2.05) is 0 Å². The van der Waals surface area contributed by atoms with Crippen LogP contribution in [-0.4, -0.2) is 23.8 Å². The third kappa shape index (κ3) is 3.37. The molecule has 0 saturated carbocycles. The zero-order chi connectivity index (χ0) is 9.68. The highest BCUT2D eigenvalue weighted by Crippen LogP contribution is 2.17. The van der Waals surface area contributed by atoms with Gasteiger partial charge < -0.3 is 4.90 Å². The summed E-state index contributed by atoms with van der Waals surface area (Å²) >= 11 is 0. The lowest BCUT2D eigenvalue weighted by molar-refractivity contribution is 0.413. The number of hydrogen-bond donors (Lipinski definition) is 1. The number of nitrogens with zero attached hydrogens (tertiary/aromatic N) is 1. The highest BCUT2D eigenvalue weighted by molar-refractivity contribution is 5.79. The second-order valence-electron chi connectivity index (χ2n) is 4.22. The molecule has 1 atom stereocenters. The first-order valence-corrected chi connectivity index (χ1v) is 5.56. The van der Waals surface area contributed by atoms with E-state index in [9.17, 15) is 0 Å². The van der Waals surface area contributed by atoms with Gasteiger partial charge in [-0.25, -0.2) is 0 Å². The van der Waals surface area contributed by atoms with Gasteiger partial charge in [-0.2, -0.15) is 0 Å². The van der Waals surface area contributed by atoms with Crippen LogP contribution in [0.3, 0.4) is 0 Å². The average Bonchev–Trinajstić information content (AvgIpc) is 2.30. The minimum atomic E-state index is 0.858. The zero-order valence-corrected chi connectivity index (χ0v) is 8.97. The number of nitrogens with one attached hydrogen (secondary N) is 1. The fourth-order valence-electron chi connectivity index (χ4n) is 1.93. The van der Waals surface area contributed by atoms with Crippen molar-refractivity contribution in [3.05, 3.63) is 0 Å². The van der Waals surface area contributed by atoms with Crippen molar-refractivity contribution in [1.29, 1.82) is 5.41 Å². The van der Waals surface area contributed by atoms with E-state index in [1.165, 1.54) is 19.3 Å². The molecule has 2 heteroatoms. The van der Waals surface area contributed by atoms with Gasteiger partial charge >= 0.3 is 0 Å². The second-order valence-corrected chi connectivity index (χ2v) is 4.22. The SMILES string of the molecule is CCCC(=N)N1CCCC(C)CC1. The minimum absolute atomic E-state index is 0.858. The monoisotopic (exact) mass is 182 g/mol. The molecule has 0 amide bonds. The zero-order valence-electron chi connectivity index (χ0n) is 8.97. The quantitative estimate of drug-likeness (QED) is 0.516. The predicted molar refractivity (Wildman–Crippen MR) is 57.2 cm³/mol. The highest BCUT2D eigenvalue weighted by atomic mass is 15.2. The van der Waals surface area contributed by atoms with Gasteiger partial charge in [-0.3, -0.25) is 5.41 Å². The number of rotatable bonds is 2. The molecular formula is C11H22N2. The summed E-state index contributed by atoms with van der Waals surface area (Å²) in [5, 5.41) is 7.87. The van der Waals surface area contributed by atoms with E-state index in [-0.39, 0.29) is 0 Å². The molecule has 13 heavy (non-hydrogen) atoms. The Bertz CT molecular complexity index is 165. The van der Waals surface area contributed by atoms with E-state index in [4.69, 9.17) is 5.41 Å². The van der Waals surface area contributed by atoms with E-state index >= 15 is 0 Å². The van der Waals surface area contributed by atoms with Gasteiger partial charge in [0.25, 0.3) is 0 Å². The summed E-state index contributed by atoms with van der Waals surface area (Å²) in [7, 11) is 0. The average molecular weight is 182 g/mol. The maximum absolute atomic E-state index is 7.87. The summed E-state index contributed by atoms with van der Waals surface area (Å²) in [4.78, 5) is 2.27. The molecule has 76 valence electrons. The van der Waals surface area contributed by atoms with E-state index in [1.54, 1.807) is 0 Å². The Morgan fingerprint density at radius 2 is 2.15 bits per heavy atom. The fourth-order valence-corrected chi connectivity index (χ4v) is 1.93. The van der Waals surface area contributed by atoms with Gasteiger partial charge in [0.05, 0.1) is 5.84 Å². The Kier molecular flexibility index (Phi) is 4.26. The van der Waals surface area contributed by atoms with Gasteiger partial charge in [0.1, 0.15) is 0 Å². The van der Waals surface area contributed by atoms with Crippen LogP contribution in [0, 0.1) is 11.3 Å². The molecule has 0 aromatic rings. The van der Waals surface area contributed by atoms with E-state index in [0.717, 1.165) is 37.7 Å². The van der Waals surface area contributed by atoms with Crippen molar-refractivity contribution in [3.63, 3.8) is 0 Å². The Balaban J connectivity index is 2.37. The molecule has 1 aliphatic rings. The van der Waals surface area contributed by atoms with Crippen molar-refractivity contribution in [2.24, 2.45) is 5.92 Å². The third-order valence-corrected chi connectivity index (χ3v) is 2.89. The Morgan fingerprint density at radius 1 is 1.38 bits per heavy atom. The summed E-state index contributed by atoms with van der Waals surface area (Å²) in [5.74, 6) is 1.72. The number of amidine groups is 1. The summed E-state index contributed by atoms with van der Waals surface area (Å²) in [6.07, 6.45) is 5.94. The third-order valence-electron chi connectivity index (χ3n) is 2.89. The Labute approximate surface area is 81.8 Å². The van der Waals surface area contributed by atoms with Crippen LogP contribution in [0.1, 0.15) is 46.0 Å². The van der Waals surface area contributed by atoms with Gasteiger partial charge in [-0.05, 0) is 31.6 Å². The number of hydrogen-bond acceptors (Lipinski definition) is 1. The van der Waals surface area contributed by atoms with Crippen LogP contribution in [0.25, 0.3) is 0 Å². The fraction of sp³-hybridized carbons (Fsp3) is 0.909. The van der Waals surface area contributed by atoms with Crippen molar-refractivity contribution in [2.75, 3.05) is 13.1 Å². The van der Waals surface area contributed by atoms with E-state index in [0.29, 0.717) is 0 Å². The maximum atomic E-state index is 7.87. The molecule has 1 unspecified atom stereocenters. The van der Waals surface area contributed by atoms with Gasteiger partial charge in [0.15, 0.2) is 0 Å². The lowest BCUT2D eigenvalue weighted by Gasteiger charge is -2.22. The molecule has 0 aromatic heterocycles. The molecule has 1 saturated heterocycles. The predicted octanol–water partition coefficient (Wildman–Crippen LogP) is 2.89. The summed E-state index contributed by atoms with van der Waals surface area (Å²) in [5.41, 5.74) is 0. The van der Waals surface area contributed by atoms with Crippen LogP contribution < -0.4 is 0 Å². The molecule has 0 spiro atoms.